The van der Waals surface area contributed by atoms with Crippen molar-refractivity contribution in [2.75, 3.05) is 13.2 Å². The predicted octanol–water partition coefficient (Wildman–Crippen LogP) is 3.53. The summed E-state index contributed by atoms with van der Waals surface area (Å²) in [7, 11) is 0. The van der Waals surface area contributed by atoms with E-state index in [0.29, 0.717) is 0 Å². The van der Waals surface area contributed by atoms with E-state index in [2.05, 4.69) is 5.32 Å². The van der Waals surface area contributed by atoms with Crippen LogP contribution in [0.5, 0.6) is 5.75 Å². The lowest BCUT2D eigenvalue weighted by Gasteiger charge is -2.14. The minimum Gasteiger partial charge on any atom is -0.491 e. The van der Waals surface area contributed by atoms with Crippen LogP contribution in [0, 0.1) is 0 Å². The highest BCUT2D eigenvalue weighted by atomic mass is 35.5. The van der Waals surface area contributed by atoms with Crippen LogP contribution in [-0.4, -0.2) is 30.3 Å². The van der Waals surface area contributed by atoms with E-state index in [9.17, 15) is 23.1 Å². The van der Waals surface area contributed by atoms with Gasteiger partial charge in [0.15, 0.2) is 0 Å². The number of aliphatic hydroxyl groups is 1. The molecule has 25 heavy (non-hydrogen) atoms. The first-order valence-electron chi connectivity index (χ1n) is 7.28. The van der Waals surface area contributed by atoms with Crippen molar-refractivity contribution in [1.82, 2.24) is 5.32 Å². The molecule has 0 aliphatic rings. The molecule has 1 atom stereocenters. The largest absolute Gasteiger partial charge is 0.491 e. The lowest BCUT2D eigenvalue weighted by molar-refractivity contribution is -0.137. The molecule has 0 radical (unpaired) electrons. The minimum atomic E-state index is -4.42. The number of carbonyl (C=O) groups is 1. The van der Waals surface area contributed by atoms with Crippen LogP contribution in [0.3, 0.4) is 0 Å². The minimum absolute atomic E-state index is 0.0926. The SMILES string of the molecule is O=C(NCC(O)COc1ccc(C(F)(F)F)cc1)c1ccccc1Cl. The fourth-order valence-electron chi connectivity index (χ4n) is 1.94. The topological polar surface area (TPSA) is 58.6 Å². The lowest BCUT2D eigenvalue weighted by Crippen LogP contribution is -2.35. The predicted molar refractivity (Wildman–Crippen MR) is 86.7 cm³/mol. The van der Waals surface area contributed by atoms with Gasteiger partial charge in [0.25, 0.3) is 5.91 Å². The maximum Gasteiger partial charge on any atom is 0.416 e. The van der Waals surface area contributed by atoms with Crippen molar-refractivity contribution in [1.29, 1.82) is 0 Å². The van der Waals surface area contributed by atoms with E-state index in [1.165, 1.54) is 0 Å². The van der Waals surface area contributed by atoms with Gasteiger partial charge < -0.3 is 15.2 Å². The third kappa shape index (κ3) is 5.65. The first-order valence-corrected chi connectivity index (χ1v) is 7.66. The zero-order valence-electron chi connectivity index (χ0n) is 12.9. The number of nitrogens with one attached hydrogen (secondary N) is 1. The molecule has 4 nitrogen and oxygen atoms in total. The fraction of sp³-hybridized carbons (Fsp3) is 0.235. The average Bonchev–Trinajstić information content (AvgIpc) is 2.58. The number of aliphatic hydroxyl groups excluding tert-OH is 1. The van der Waals surface area contributed by atoms with E-state index in [-0.39, 0.29) is 29.5 Å². The molecule has 0 aliphatic heterocycles. The monoisotopic (exact) mass is 373 g/mol. The van der Waals surface area contributed by atoms with Gasteiger partial charge in [-0.05, 0) is 36.4 Å². The van der Waals surface area contributed by atoms with Crippen LogP contribution >= 0.6 is 11.6 Å². The van der Waals surface area contributed by atoms with Gasteiger partial charge in [0, 0.05) is 6.54 Å². The first-order chi connectivity index (χ1) is 11.8. The van der Waals surface area contributed by atoms with Gasteiger partial charge in [-0.2, -0.15) is 13.2 Å². The highest BCUT2D eigenvalue weighted by Gasteiger charge is 2.30. The Balaban J connectivity index is 1.80. The summed E-state index contributed by atoms with van der Waals surface area (Å²) in [6.07, 6.45) is -5.45. The molecule has 0 saturated carbocycles. The van der Waals surface area contributed by atoms with Crippen LogP contribution < -0.4 is 10.1 Å². The van der Waals surface area contributed by atoms with Crippen molar-refractivity contribution in [2.45, 2.75) is 12.3 Å². The summed E-state index contributed by atoms with van der Waals surface area (Å²) in [6, 6.07) is 10.6. The molecule has 2 rings (SSSR count). The van der Waals surface area contributed by atoms with Gasteiger partial charge in [-0.3, -0.25) is 4.79 Å². The summed E-state index contributed by atoms with van der Waals surface area (Å²) < 4.78 is 42.5. The standard InChI is InChI=1S/C17H15ClF3NO3/c18-15-4-2-1-3-14(15)16(24)22-9-12(23)10-25-13-7-5-11(6-8-13)17(19,20)21/h1-8,12,23H,9-10H2,(H,22,24). The van der Waals surface area contributed by atoms with Crippen molar-refractivity contribution >= 4 is 17.5 Å². The number of hydrogen-bond donors (Lipinski definition) is 2. The molecular weight excluding hydrogens is 359 g/mol. The number of hydrogen-bond acceptors (Lipinski definition) is 3. The maximum absolute atomic E-state index is 12.4. The molecule has 0 aromatic heterocycles. The summed E-state index contributed by atoms with van der Waals surface area (Å²) >= 11 is 5.89. The fourth-order valence-corrected chi connectivity index (χ4v) is 2.16. The van der Waals surface area contributed by atoms with Gasteiger partial charge in [0.05, 0.1) is 16.1 Å². The summed E-state index contributed by atoms with van der Waals surface area (Å²) in [5, 5.41) is 12.6. The van der Waals surface area contributed by atoms with Crippen LogP contribution in [0.25, 0.3) is 0 Å². The third-order valence-corrected chi connectivity index (χ3v) is 3.57. The molecule has 0 heterocycles. The van der Waals surface area contributed by atoms with Crippen molar-refractivity contribution in [3.8, 4) is 5.75 Å². The van der Waals surface area contributed by atoms with E-state index in [1.54, 1.807) is 24.3 Å². The summed E-state index contributed by atoms with van der Waals surface area (Å²) in [4.78, 5) is 11.9. The molecule has 8 heteroatoms. The van der Waals surface area contributed by atoms with Crippen LogP contribution in [-0.2, 0) is 6.18 Å². The summed E-state index contributed by atoms with van der Waals surface area (Å²) in [6.45, 7) is -0.279. The molecule has 2 N–H and O–H groups in total. The molecule has 0 bridgehead atoms. The molecule has 1 unspecified atom stereocenters. The Morgan fingerprint density at radius 3 is 2.40 bits per heavy atom. The molecule has 0 aliphatic carbocycles. The Labute approximate surface area is 147 Å². The molecule has 1 amide bonds. The molecule has 0 fully saturated rings. The molecule has 0 spiro atoms. The molecule has 2 aromatic carbocycles. The number of rotatable bonds is 6. The quantitative estimate of drug-likeness (QED) is 0.814. The Morgan fingerprint density at radius 1 is 1.16 bits per heavy atom. The van der Waals surface area contributed by atoms with Crippen molar-refractivity contribution in [3.05, 3.63) is 64.7 Å². The number of carbonyl (C=O) groups excluding carboxylic acids is 1. The van der Waals surface area contributed by atoms with E-state index in [0.717, 1.165) is 24.3 Å². The smallest absolute Gasteiger partial charge is 0.416 e. The van der Waals surface area contributed by atoms with Crippen molar-refractivity contribution in [3.63, 3.8) is 0 Å². The second kappa shape index (κ2) is 8.22. The highest BCUT2D eigenvalue weighted by molar-refractivity contribution is 6.33. The molecule has 2 aromatic rings. The Hall–Kier alpha value is -2.25. The summed E-state index contributed by atoms with van der Waals surface area (Å²) in [5.74, 6) is -0.260. The van der Waals surface area contributed by atoms with Gasteiger partial charge in [-0.25, -0.2) is 0 Å². The Bertz CT molecular complexity index is 720. The second-order valence-electron chi connectivity index (χ2n) is 5.18. The lowest BCUT2D eigenvalue weighted by atomic mass is 10.2. The van der Waals surface area contributed by atoms with E-state index in [4.69, 9.17) is 16.3 Å². The number of halogens is 4. The van der Waals surface area contributed by atoms with E-state index >= 15 is 0 Å². The van der Waals surface area contributed by atoms with Crippen LogP contribution in [0.15, 0.2) is 48.5 Å². The average molecular weight is 374 g/mol. The van der Waals surface area contributed by atoms with Gasteiger partial charge in [0.1, 0.15) is 18.5 Å². The second-order valence-corrected chi connectivity index (χ2v) is 5.58. The van der Waals surface area contributed by atoms with E-state index < -0.39 is 23.8 Å². The van der Waals surface area contributed by atoms with Gasteiger partial charge in [-0.1, -0.05) is 23.7 Å². The number of amides is 1. The van der Waals surface area contributed by atoms with E-state index in [1.807, 2.05) is 0 Å². The molecular formula is C17H15ClF3NO3. The normalized spacial score (nSPS) is 12.5. The van der Waals surface area contributed by atoms with Gasteiger partial charge in [0.2, 0.25) is 0 Å². The zero-order chi connectivity index (χ0) is 18.4. The van der Waals surface area contributed by atoms with Crippen molar-refractivity contribution < 1.29 is 27.8 Å². The van der Waals surface area contributed by atoms with Crippen LogP contribution in [0.4, 0.5) is 13.2 Å². The maximum atomic E-state index is 12.4. The summed E-state index contributed by atoms with van der Waals surface area (Å²) in [5.41, 5.74) is -0.507. The zero-order valence-corrected chi connectivity index (χ0v) is 13.6. The molecule has 134 valence electrons. The van der Waals surface area contributed by atoms with Gasteiger partial charge >= 0.3 is 6.18 Å². The number of ether oxygens (including phenoxy) is 1. The third-order valence-electron chi connectivity index (χ3n) is 3.24. The van der Waals surface area contributed by atoms with Crippen molar-refractivity contribution in [2.24, 2.45) is 0 Å². The molecule has 0 saturated heterocycles. The Kier molecular flexibility index (Phi) is 6.27. The van der Waals surface area contributed by atoms with Crippen LogP contribution in [0.2, 0.25) is 5.02 Å². The number of benzene rings is 2. The van der Waals surface area contributed by atoms with Gasteiger partial charge in [-0.15, -0.1) is 0 Å². The number of alkyl halides is 3. The van der Waals surface area contributed by atoms with Crippen LogP contribution in [0.1, 0.15) is 15.9 Å². The highest BCUT2D eigenvalue weighted by Crippen LogP contribution is 2.30. The first kappa shape index (κ1) is 19.1. The Morgan fingerprint density at radius 2 is 1.80 bits per heavy atom.